The Balaban J connectivity index is 1.80. The first-order valence-corrected chi connectivity index (χ1v) is 7.06. The van der Waals surface area contributed by atoms with Crippen molar-refractivity contribution in [2.24, 2.45) is 11.7 Å². The minimum absolute atomic E-state index is 0.147. The van der Waals surface area contributed by atoms with E-state index >= 15 is 0 Å². The Kier molecular flexibility index (Phi) is 4.90. The van der Waals surface area contributed by atoms with E-state index in [4.69, 9.17) is 10.3 Å². The summed E-state index contributed by atoms with van der Waals surface area (Å²) < 4.78 is 5.11. The van der Waals surface area contributed by atoms with Gasteiger partial charge in [-0.2, -0.15) is 4.98 Å². The number of carbonyl (C=O) groups is 1. The summed E-state index contributed by atoms with van der Waals surface area (Å²) in [5.41, 5.74) is 5.57. The molecule has 1 heterocycles. The Morgan fingerprint density at radius 2 is 2.32 bits per heavy atom. The molecule has 1 fully saturated rings. The molecule has 6 heteroatoms. The molecule has 106 valence electrons. The second-order valence-corrected chi connectivity index (χ2v) is 5.15. The lowest BCUT2D eigenvalue weighted by Gasteiger charge is -2.11. The zero-order valence-electron chi connectivity index (χ0n) is 11.4. The van der Waals surface area contributed by atoms with E-state index in [2.05, 4.69) is 22.4 Å². The van der Waals surface area contributed by atoms with Crippen LogP contribution in [-0.2, 0) is 6.42 Å². The molecule has 0 bridgehead atoms. The van der Waals surface area contributed by atoms with Gasteiger partial charge in [-0.3, -0.25) is 4.79 Å². The molecule has 0 aliphatic heterocycles. The maximum absolute atomic E-state index is 11.7. The highest BCUT2D eigenvalue weighted by Crippen LogP contribution is 2.19. The van der Waals surface area contributed by atoms with Crippen LogP contribution in [-0.4, -0.2) is 28.6 Å². The highest BCUT2D eigenvalue weighted by Gasteiger charge is 2.26. The van der Waals surface area contributed by atoms with Gasteiger partial charge in [-0.05, 0) is 38.1 Å². The first kappa shape index (κ1) is 14.0. The van der Waals surface area contributed by atoms with Gasteiger partial charge in [0.1, 0.15) is 0 Å². The number of hydrogen-bond donors (Lipinski definition) is 2. The average Bonchev–Trinajstić information content (AvgIpc) is 3.09. The quantitative estimate of drug-likeness (QED) is 0.739. The van der Waals surface area contributed by atoms with Crippen LogP contribution in [0.2, 0.25) is 0 Å². The van der Waals surface area contributed by atoms with Crippen LogP contribution in [0.3, 0.4) is 0 Å². The van der Waals surface area contributed by atoms with Crippen molar-refractivity contribution in [1.29, 1.82) is 0 Å². The van der Waals surface area contributed by atoms with Gasteiger partial charge in [0.15, 0.2) is 0 Å². The van der Waals surface area contributed by atoms with Gasteiger partial charge in [0.25, 0.3) is 11.7 Å². The molecule has 1 atom stereocenters. The van der Waals surface area contributed by atoms with Gasteiger partial charge in [-0.1, -0.05) is 18.5 Å². The summed E-state index contributed by atoms with van der Waals surface area (Å²) in [5.74, 6) is 1.04. The van der Waals surface area contributed by atoms with E-state index in [0.717, 1.165) is 32.1 Å². The number of nitrogens with two attached hydrogens (primary N) is 1. The van der Waals surface area contributed by atoms with E-state index in [-0.39, 0.29) is 11.7 Å². The van der Waals surface area contributed by atoms with E-state index in [1.807, 2.05) is 0 Å². The van der Waals surface area contributed by atoms with Crippen molar-refractivity contribution >= 4 is 5.91 Å². The van der Waals surface area contributed by atoms with E-state index < -0.39 is 0 Å². The summed E-state index contributed by atoms with van der Waals surface area (Å²) in [6.45, 7) is 2.86. The molecule has 1 aromatic heterocycles. The lowest BCUT2D eigenvalue weighted by molar-refractivity contribution is 0.0937. The molecule has 1 amide bonds. The second kappa shape index (κ2) is 6.65. The molecule has 0 spiro atoms. The van der Waals surface area contributed by atoms with Crippen molar-refractivity contribution in [3.63, 3.8) is 0 Å². The Labute approximate surface area is 113 Å². The average molecular weight is 266 g/mol. The molecule has 2 rings (SSSR count). The summed E-state index contributed by atoms with van der Waals surface area (Å²) >= 11 is 0. The predicted octanol–water partition coefficient (Wildman–Crippen LogP) is 1.27. The molecule has 0 saturated heterocycles. The Bertz CT molecular complexity index is 415. The molecule has 1 saturated carbocycles. The molecule has 1 aliphatic carbocycles. The SMILES string of the molecule is CCC(CCN)CCc1nc(C(=O)NC2CC2)no1. The number of hydrogen-bond acceptors (Lipinski definition) is 5. The van der Waals surface area contributed by atoms with Crippen molar-refractivity contribution in [3.8, 4) is 0 Å². The summed E-state index contributed by atoms with van der Waals surface area (Å²) in [6, 6.07) is 0.309. The Hall–Kier alpha value is -1.43. The first-order valence-electron chi connectivity index (χ1n) is 7.06. The minimum Gasteiger partial charge on any atom is -0.346 e. The number of aromatic nitrogens is 2. The van der Waals surface area contributed by atoms with Gasteiger partial charge in [0.05, 0.1) is 0 Å². The molecule has 1 unspecified atom stereocenters. The van der Waals surface area contributed by atoms with Gasteiger partial charge < -0.3 is 15.6 Å². The van der Waals surface area contributed by atoms with Crippen LogP contribution in [0.1, 0.15) is 55.5 Å². The number of nitrogens with zero attached hydrogens (tertiary/aromatic N) is 2. The van der Waals surface area contributed by atoms with Gasteiger partial charge in [-0.25, -0.2) is 0 Å². The standard InChI is InChI=1S/C13H22N4O2/c1-2-9(7-8-14)3-6-11-16-12(17-19-11)13(18)15-10-4-5-10/h9-10H,2-8,14H2,1H3,(H,15,18). The van der Waals surface area contributed by atoms with Gasteiger partial charge in [0, 0.05) is 12.5 Å². The monoisotopic (exact) mass is 266 g/mol. The van der Waals surface area contributed by atoms with E-state index in [1.54, 1.807) is 0 Å². The summed E-state index contributed by atoms with van der Waals surface area (Å²) in [6.07, 6.45) is 5.89. The molecule has 6 nitrogen and oxygen atoms in total. The summed E-state index contributed by atoms with van der Waals surface area (Å²) in [5, 5.41) is 6.56. The lowest BCUT2D eigenvalue weighted by atomic mass is 9.97. The van der Waals surface area contributed by atoms with Crippen LogP contribution in [0.25, 0.3) is 0 Å². The zero-order valence-corrected chi connectivity index (χ0v) is 11.4. The number of rotatable bonds is 8. The zero-order chi connectivity index (χ0) is 13.7. The molecule has 3 N–H and O–H groups in total. The molecular weight excluding hydrogens is 244 g/mol. The first-order chi connectivity index (χ1) is 9.22. The number of aryl methyl sites for hydroxylation is 1. The van der Waals surface area contributed by atoms with Crippen LogP contribution < -0.4 is 11.1 Å². The lowest BCUT2D eigenvalue weighted by Crippen LogP contribution is -2.26. The third-order valence-electron chi connectivity index (χ3n) is 3.50. The minimum atomic E-state index is -0.230. The highest BCUT2D eigenvalue weighted by molar-refractivity contribution is 5.90. The van der Waals surface area contributed by atoms with Gasteiger partial charge >= 0.3 is 0 Å². The predicted molar refractivity (Wildman–Crippen MR) is 70.6 cm³/mol. The molecule has 0 aromatic carbocycles. The van der Waals surface area contributed by atoms with Gasteiger partial charge in [-0.15, -0.1) is 0 Å². The molecule has 1 aliphatic rings. The van der Waals surface area contributed by atoms with Crippen molar-refractivity contribution < 1.29 is 9.32 Å². The fourth-order valence-corrected chi connectivity index (χ4v) is 2.04. The smallest absolute Gasteiger partial charge is 0.292 e. The Morgan fingerprint density at radius 3 is 2.95 bits per heavy atom. The van der Waals surface area contributed by atoms with Crippen molar-refractivity contribution in [2.75, 3.05) is 6.54 Å². The van der Waals surface area contributed by atoms with Gasteiger partial charge in [0.2, 0.25) is 5.89 Å². The number of amides is 1. The normalized spacial score (nSPS) is 16.3. The van der Waals surface area contributed by atoms with Crippen molar-refractivity contribution in [1.82, 2.24) is 15.5 Å². The largest absolute Gasteiger partial charge is 0.346 e. The van der Waals surface area contributed by atoms with Crippen LogP contribution in [0.4, 0.5) is 0 Å². The summed E-state index contributed by atoms with van der Waals surface area (Å²) in [4.78, 5) is 15.8. The number of nitrogens with one attached hydrogen (secondary N) is 1. The fourth-order valence-electron chi connectivity index (χ4n) is 2.04. The van der Waals surface area contributed by atoms with Crippen LogP contribution in [0.15, 0.2) is 4.52 Å². The Morgan fingerprint density at radius 1 is 1.53 bits per heavy atom. The molecule has 1 aromatic rings. The van der Waals surface area contributed by atoms with Crippen molar-refractivity contribution in [2.45, 2.75) is 51.5 Å². The summed E-state index contributed by atoms with van der Waals surface area (Å²) in [7, 11) is 0. The van der Waals surface area contributed by atoms with Crippen LogP contribution >= 0.6 is 0 Å². The van der Waals surface area contributed by atoms with Crippen molar-refractivity contribution in [3.05, 3.63) is 11.7 Å². The van der Waals surface area contributed by atoms with E-state index in [0.29, 0.717) is 30.8 Å². The maximum atomic E-state index is 11.7. The molecule has 19 heavy (non-hydrogen) atoms. The van der Waals surface area contributed by atoms with E-state index in [1.165, 1.54) is 0 Å². The number of carbonyl (C=O) groups excluding carboxylic acids is 1. The third kappa shape index (κ3) is 4.31. The topological polar surface area (TPSA) is 94.0 Å². The van der Waals surface area contributed by atoms with E-state index in [9.17, 15) is 4.79 Å². The third-order valence-corrected chi connectivity index (χ3v) is 3.50. The maximum Gasteiger partial charge on any atom is 0.292 e. The fraction of sp³-hybridized carbons (Fsp3) is 0.769. The molecule has 0 radical (unpaired) electrons. The van der Waals surface area contributed by atoms with Crippen LogP contribution in [0, 0.1) is 5.92 Å². The molecular formula is C13H22N4O2. The van der Waals surface area contributed by atoms with Crippen LogP contribution in [0.5, 0.6) is 0 Å². The highest BCUT2D eigenvalue weighted by atomic mass is 16.5. The second-order valence-electron chi connectivity index (χ2n) is 5.15.